The fraction of sp³-hybridized carbons (Fsp3) is 0.917. The summed E-state index contributed by atoms with van der Waals surface area (Å²) in [5.74, 6) is 0.934. The smallest absolute Gasteiger partial charge is 0.239 e. The number of rotatable bonds is 4. The maximum Gasteiger partial charge on any atom is 0.239 e. The molecule has 92 valence electrons. The zero-order chi connectivity index (χ0) is 11.6. The number of hydrogen-bond acceptors (Lipinski definition) is 3. The first-order valence-electron chi connectivity index (χ1n) is 6.35. The second kappa shape index (κ2) is 4.72. The molecule has 0 bridgehead atoms. The highest BCUT2D eigenvalue weighted by molar-refractivity contribution is 5.85. The Hall–Kier alpha value is -0.610. The third-order valence-electron chi connectivity index (χ3n) is 3.71. The summed E-state index contributed by atoms with van der Waals surface area (Å²) in [4.78, 5) is 14.4. The third kappa shape index (κ3) is 2.74. The number of amides is 1. The van der Waals surface area contributed by atoms with E-state index in [0.29, 0.717) is 0 Å². The predicted molar refractivity (Wildman–Crippen MR) is 64.3 cm³/mol. The molecule has 1 saturated carbocycles. The minimum absolute atomic E-state index is 0.182. The minimum atomic E-state index is -0.364. The maximum absolute atomic E-state index is 12.1. The van der Waals surface area contributed by atoms with Gasteiger partial charge in [0.05, 0.1) is 5.54 Å². The monoisotopic (exact) mass is 225 g/mol. The number of carbonyl (C=O) groups is 1. The molecule has 1 heterocycles. The van der Waals surface area contributed by atoms with Crippen LogP contribution in [0.2, 0.25) is 0 Å². The van der Waals surface area contributed by atoms with Crippen molar-refractivity contribution >= 4 is 5.91 Å². The molecule has 0 atom stereocenters. The molecule has 0 radical (unpaired) electrons. The lowest BCUT2D eigenvalue weighted by atomic mass is 10.0. The van der Waals surface area contributed by atoms with Crippen LogP contribution < -0.4 is 10.6 Å². The molecule has 0 aromatic heterocycles. The van der Waals surface area contributed by atoms with Crippen LogP contribution in [0.15, 0.2) is 0 Å². The summed E-state index contributed by atoms with van der Waals surface area (Å²) < 4.78 is 0. The van der Waals surface area contributed by atoms with Crippen molar-refractivity contribution in [2.45, 2.75) is 32.2 Å². The van der Waals surface area contributed by atoms with E-state index in [4.69, 9.17) is 0 Å². The van der Waals surface area contributed by atoms with Crippen molar-refractivity contribution in [3.05, 3.63) is 0 Å². The summed E-state index contributed by atoms with van der Waals surface area (Å²) in [6.45, 7) is 8.82. The SMILES string of the molecule is CC(C)(C(=O)NCC1CC1)N1CCNCC1. The molecule has 2 N–H and O–H groups in total. The van der Waals surface area contributed by atoms with E-state index in [1.165, 1.54) is 12.8 Å². The number of piperazine rings is 1. The molecule has 0 spiro atoms. The quantitative estimate of drug-likeness (QED) is 0.718. The molecule has 1 amide bonds. The van der Waals surface area contributed by atoms with Gasteiger partial charge in [0.15, 0.2) is 0 Å². The highest BCUT2D eigenvalue weighted by Gasteiger charge is 2.35. The van der Waals surface area contributed by atoms with E-state index in [9.17, 15) is 4.79 Å². The van der Waals surface area contributed by atoms with Gasteiger partial charge in [0.2, 0.25) is 5.91 Å². The number of carbonyl (C=O) groups excluding carboxylic acids is 1. The topological polar surface area (TPSA) is 44.4 Å². The van der Waals surface area contributed by atoms with Crippen molar-refractivity contribution in [1.82, 2.24) is 15.5 Å². The second-order valence-electron chi connectivity index (χ2n) is 5.45. The third-order valence-corrected chi connectivity index (χ3v) is 3.71. The fourth-order valence-electron chi connectivity index (χ4n) is 2.14. The first kappa shape index (κ1) is 11.9. The van der Waals surface area contributed by atoms with Crippen molar-refractivity contribution < 1.29 is 4.79 Å². The van der Waals surface area contributed by atoms with Crippen molar-refractivity contribution in [3.63, 3.8) is 0 Å². The van der Waals surface area contributed by atoms with Crippen molar-refractivity contribution in [3.8, 4) is 0 Å². The Morgan fingerprint density at radius 2 is 2.00 bits per heavy atom. The van der Waals surface area contributed by atoms with Crippen LogP contribution in [-0.4, -0.2) is 49.1 Å². The van der Waals surface area contributed by atoms with E-state index >= 15 is 0 Å². The van der Waals surface area contributed by atoms with E-state index in [-0.39, 0.29) is 11.4 Å². The van der Waals surface area contributed by atoms with Crippen LogP contribution in [0.1, 0.15) is 26.7 Å². The Labute approximate surface area is 97.8 Å². The lowest BCUT2D eigenvalue weighted by molar-refractivity contribution is -0.132. The van der Waals surface area contributed by atoms with Gasteiger partial charge < -0.3 is 10.6 Å². The van der Waals surface area contributed by atoms with Gasteiger partial charge in [-0.1, -0.05) is 0 Å². The maximum atomic E-state index is 12.1. The average Bonchev–Trinajstić information content (AvgIpc) is 3.11. The summed E-state index contributed by atoms with van der Waals surface area (Å²) >= 11 is 0. The van der Waals surface area contributed by atoms with Crippen LogP contribution in [-0.2, 0) is 4.79 Å². The van der Waals surface area contributed by atoms with Gasteiger partial charge in [-0.25, -0.2) is 0 Å². The van der Waals surface area contributed by atoms with Crippen LogP contribution in [0, 0.1) is 5.92 Å². The average molecular weight is 225 g/mol. The largest absolute Gasteiger partial charge is 0.354 e. The standard InChI is InChI=1S/C12H23N3O/c1-12(2,15-7-5-13-6-8-15)11(16)14-9-10-3-4-10/h10,13H,3-9H2,1-2H3,(H,14,16). The van der Waals surface area contributed by atoms with Gasteiger partial charge in [-0.3, -0.25) is 9.69 Å². The molecule has 2 rings (SSSR count). The summed E-state index contributed by atoms with van der Waals surface area (Å²) in [6.07, 6.45) is 2.57. The number of nitrogens with zero attached hydrogens (tertiary/aromatic N) is 1. The zero-order valence-corrected chi connectivity index (χ0v) is 10.4. The Morgan fingerprint density at radius 3 is 2.56 bits per heavy atom. The second-order valence-corrected chi connectivity index (χ2v) is 5.45. The zero-order valence-electron chi connectivity index (χ0n) is 10.4. The van der Waals surface area contributed by atoms with Gasteiger partial charge in [-0.2, -0.15) is 0 Å². The van der Waals surface area contributed by atoms with Gasteiger partial charge in [0, 0.05) is 32.7 Å². The highest BCUT2D eigenvalue weighted by Crippen LogP contribution is 2.28. The molecule has 4 heteroatoms. The van der Waals surface area contributed by atoms with Gasteiger partial charge in [0.1, 0.15) is 0 Å². The number of nitrogens with one attached hydrogen (secondary N) is 2. The molecule has 0 aromatic rings. The minimum Gasteiger partial charge on any atom is -0.354 e. The molecule has 2 fully saturated rings. The Bertz CT molecular complexity index is 255. The van der Waals surface area contributed by atoms with Crippen LogP contribution in [0.3, 0.4) is 0 Å². The van der Waals surface area contributed by atoms with Gasteiger partial charge in [-0.15, -0.1) is 0 Å². The molecule has 1 saturated heterocycles. The van der Waals surface area contributed by atoms with Crippen LogP contribution in [0.4, 0.5) is 0 Å². The van der Waals surface area contributed by atoms with Crippen molar-refractivity contribution in [2.75, 3.05) is 32.7 Å². The first-order valence-corrected chi connectivity index (χ1v) is 6.35. The van der Waals surface area contributed by atoms with E-state index in [0.717, 1.165) is 38.6 Å². The summed E-state index contributed by atoms with van der Waals surface area (Å²) in [5, 5.41) is 6.39. The molecular weight excluding hydrogens is 202 g/mol. The number of hydrogen-bond donors (Lipinski definition) is 2. The highest BCUT2D eigenvalue weighted by atomic mass is 16.2. The predicted octanol–water partition coefficient (Wildman–Crippen LogP) is 0.196. The molecule has 4 nitrogen and oxygen atoms in total. The van der Waals surface area contributed by atoms with E-state index < -0.39 is 0 Å². The van der Waals surface area contributed by atoms with E-state index in [1.54, 1.807) is 0 Å². The lowest BCUT2D eigenvalue weighted by Crippen LogP contribution is -2.60. The van der Waals surface area contributed by atoms with Crippen LogP contribution >= 0.6 is 0 Å². The Kier molecular flexibility index (Phi) is 3.50. The molecular formula is C12H23N3O. The molecule has 0 aromatic carbocycles. The summed E-state index contributed by atoms with van der Waals surface area (Å²) in [5.41, 5.74) is -0.364. The van der Waals surface area contributed by atoms with Crippen LogP contribution in [0.25, 0.3) is 0 Å². The molecule has 1 aliphatic carbocycles. The van der Waals surface area contributed by atoms with E-state index in [2.05, 4.69) is 15.5 Å². The van der Waals surface area contributed by atoms with Crippen molar-refractivity contribution in [1.29, 1.82) is 0 Å². The normalized spacial score (nSPS) is 23.1. The molecule has 1 aliphatic heterocycles. The molecule has 16 heavy (non-hydrogen) atoms. The molecule has 2 aliphatic rings. The molecule has 0 unspecified atom stereocenters. The lowest BCUT2D eigenvalue weighted by Gasteiger charge is -2.39. The van der Waals surface area contributed by atoms with Gasteiger partial charge in [0.25, 0.3) is 0 Å². The van der Waals surface area contributed by atoms with E-state index in [1.807, 2.05) is 13.8 Å². The Balaban J connectivity index is 1.84. The fourth-order valence-corrected chi connectivity index (χ4v) is 2.14. The first-order chi connectivity index (χ1) is 7.60. The van der Waals surface area contributed by atoms with Gasteiger partial charge >= 0.3 is 0 Å². The summed E-state index contributed by atoms with van der Waals surface area (Å²) in [6, 6.07) is 0. The Morgan fingerprint density at radius 1 is 1.38 bits per heavy atom. The summed E-state index contributed by atoms with van der Waals surface area (Å²) in [7, 11) is 0. The van der Waals surface area contributed by atoms with Gasteiger partial charge in [-0.05, 0) is 32.6 Å². The van der Waals surface area contributed by atoms with Crippen LogP contribution in [0.5, 0.6) is 0 Å². The van der Waals surface area contributed by atoms with Crippen molar-refractivity contribution in [2.24, 2.45) is 5.92 Å².